The standard InChI is InChI=1S/C15H21N3O3S/c1-12(2)22(19,20)9-8-14-11-18(17-16-14)10-13-4-6-15(21-3)7-5-13/h4-7,11-12H,8-10H2,1-3H3. The van der Waals surface area contributed by atoms with Crippen LogP contribution < -0.4 is 4.74 Å². The van der Waals surface area contributed by atoms with Crippen LogP contribution in [0.4, 0.5) is 0 Å². The number of hydrogen-bond donors (Lipinski definition) is 0. The van der Waals surface area contributed by atoms with Crippen LogP contribution in [-0.4, -0.2) is 41.5 Å². The third-order valence-corrected chi connectivity index (χ3v) is 5.66. The van der Waals surface area contributed by atoms with E-state index in [1.807, 2.05) is 24.3 Å². The van der Waals surface area contributed by atoms with Gasteiger partial charge < -0.3 is 4.74 Å². The highest BCUT2D eigenvalue weighted by Crippen LogP contribution is 2.12. The first kappa shape index (κ1) is 16.5. The quantitative estimate of drug-likeness (QED) is 0.775. The van der Waals surface area contributed by atoms with E-state index in [2.05, 4.69) is 10.3 Å². The van der Waals surface area contributed by atoms with Crippen molar-refractivity contribution in [2.75, 3.05) is 12.9 Å². The van der Waals surface area contributed by atoms with Gasteiger partial charge in [0.25, 0.3) is 0 Å². The van der Waals surface area contributed by atoms with Crippen molar-refractivity contribution in [2.45, 2.75) is 32.1 Å². The third kappa shape index (κ3) is 4.30. The maximum absolute atomic E-state index is 11.8. The first-order chi connectivity index (χ1) is 10.4. The monoisotopic (exact) mass is 323 g/mol. The molecule has 120 valence electrons. The largest absolute Gasteiger partial charge is 0.497 e. The number of nitrogens with zero attached hydrogens (tertiary/aromatic N) is 3. The first-order valence-corrected chi connectivity index (χ1v) is 8.86. The van der Waals surface area contributed by atoms with Gasteiger partial charge in [0.2, 0.25) is 0 Å². The van der Waals surface area contributed by atoms with Gasteiger partial charge in [-0.1, -0.05) is 17.3 Å². The minimum absolute atomic E-state index is 0.103. The molecule has 7 heteroatoms. The van der Waals surface area contributed by atoms with Gasteiger partial charge in [0, 0.05) is 12.6 Å². The van der Waals surface area contributed by atoms with Gasteiger partial charge in [0.15, 0.2) is 9.84 Å². The van der Waals surface area contributed by atoms with E-state index in [0.717, 1.165) is 11.3 Å². The molecule has 0 atom stereocenters. The molecule has 0 bridgehead atoms. The lowest BCUT2D eigenvalue weighted by Gasteiger charge is -2.05. The Hall–Kier alpha value is -1.89. The molecule has 0 N–H and O–H groups in total. The van der Waals surface area contributed by atoms with Crippen molar-refractivity contribution in [3.8, 4) is 5.75 Å². The molecule has 0 aliphatic carbocycles. The molecule has 0 radical (unpaired) electrons. The van der Waals surface area contributed by atoms with Crippen LogP contribution in [-0.2, 0) is 22.8 Å². The fraction of sp³-hybridized carbons (Fsp3) is 0.467. The Morgan fingerprint density at radius 2 is 1.91 bits per heavy atom. The van der Waals surface area contributed by atoms with Crippen molar-refractivity contribution in [2.24, 2.45) is 0 Å². The fourth-order valence-electron chi connectivity index (χ4n) is 1.93. The van der Waals surface area contributed by atoms with Crippen LogP contribution >= 0.6 is 0 Å². The predicted octanol–water partition coefficient (Wildman–Crippen LogP) is 1.70. The highest BCUT2D eigenvalue weighted by molar-refractivity contribution is 7.91. The Morgan fingerprint density at radius 3 is 2.50 bits per heavy atom. The van der Waals surface area contributed by atoms with Crippen molar-refractivity contribution in [1.29, 1.82) is 0 Å². The highest BCUT2D eigenvalue weighted by atomic mass is 32.2. The van der Waals surface area contributed by atoms with E-state index in [9.17, 15) is 8.42 Å². The van der Waals surface area contributed by atoms with E-state index in [1.54, 1.807) is 31.8 Å². The van der Waals surface area contributed by atoms with Gasteiger partial charge in [0.05, 0.1) is 30.4 Å². The fourth-order valence-corrected chi connectivity index (χ4v) is 2.90. The average molecular weight is 323 g/mol. The molecule has 22 heavy (non-hydrogen) atoms. The van der Waals surface area contributed by atoms with Crippen molar-refractivity contribution < 1.29 is 13.2 Å². The molecule has 0 spiro atoms. The van der Waals surface area contributed by atoms with Crippen molar-refractivity contribution in [3.63, 3.8) is 0 Å². The van der Waals surface area contributed by atoms with Crippen LogP contribution in [0.2, 0.25) is 0 Å². The van der Waals surface area contributed by atoms with Crippen LogP contribution in [0.5, 0.6) is 5.75 Å². The summed E-state index contributed by atoms with van der Waals surface area (Å²) < 4.78 is 30.4. The zero-order valence-corrected chi connectivity index (χ0v) is 13.9. The van der Waals surface area contributed by atoms with Gasteiger partial charge in [-0.2, -0.15) is 0 Å². The molecule has 6 nitrogen and oxygen atoms in total. The van der Waals surface area contributed by atoms with Gasteiger partial charge in [-0.25, -0.2) is 13.1 Å². The summed E-state index contributed by atoms with van der Waals surface area (Å²) in [7, 11) is -1.42. The Balaban J connectivity index is 1.96. The molecule has 0 aliphatic heterocycles. The van der Waals surface area contributed by atoms with Crippen LogP contribution in [0.3, 0.4) is 0 Å². The number of sulfone groups is 1. The van der Waals surface area contributed by atoms with Crippen LogP contribution in [0.1, 0.15) is 25.1 Å². The van der Waals surface area contributed by atoms with E-state index < -0.39 is 9.84 Å². The molecule has 0 unspecified atom stereocenters. The maximum atomic E-state index is 11.8. The SMILES string of the molecule is COc1ccc(Cn2cc(CCS(=O)(=O)C(C)C)nn2)cc1. The lowest BCUT2D eigenvalue weighted by atomic mass is 10.2. The minimum atomic E-state index is -3.04. The maximum Gasteiger partial charge on any atom is 0.153 e. The van der Waals surface area contributed by atoms with Gasteiger partial charge in [-0.15, -0.1) is 5.10 Å². The molecule has 1 aromatic heterocycles. The van der Waals surface area contributed by atoms with Crippen molar-refractivity contribution in [1.82, 2.24) is 15.0 Å². The summed E-state index contributed by atoms with van der Waals surface area (Å²) in [5.74, 6) is 0.910. The Morgan fingerprint density at radius 1 is 1.23 bits per heavy atom. The van der Waals surface area contributed by atoms with Crippen LogP contribution in [0.25, 0.3) is 0 Å². The summed E-state index contributed by atoms with van der Waals surface area (Å²) >= 11 is 0. The second-order valence-electron chi connectivity index (χ2n) is 5.42. The number of benzene rings is 1. The summed E-state index contributed by atoms with van der Waals surface area (Å²) in [6, 6.07) is 7.71. The van der Waals surface area contributed by atoms with E-state index >= 15 is 0 Å². The third-order valence-electron chi connectivity index (χ3n) is 3.45. The van der Waals surface area contributed by atoms with E-state index in [0.29, 0.717) is 18.7 Å². The minimum Gasteiger partial charge on any atom is -0.497 e. The molecule has 1 heterocycles. The predicted molar refractivity (Wildman–Crippen MR) is 84.7 cm³/mol. The average Bonchev–Trinajstić information content (AvgIpc) is 2.93. The lowest BCUT2D eigenvalue weighted by molar-refractivity contribution is 0.414. The van der Waals surface area contributed by atoms with Crippen molar-refractivity contribution in [3.05, 3.63) is 41.7 Å². The van der Waals surface area contributed by atoms with Crippen molar-refractivity contribution >= 4 is 9.84 Å². The second kappa shape index (κ2) is 6.91. The number of ether oxygens (including phenoxy) is 1. The second-order valence-corrected chi connectivity index (χ2v) is 8.10. The number of aryl methyl sites for hydroxylation is 1. The Bertz CT molecular complexity index is 706. The molecule has 0 aliphatic rings. The van der Waals surface area contributed by atoms with Gasteiger partial charge in [-0.3, -0.25) is 0 Å². The zero-order valence-electron chi connectivity index (χ0n) is 13.1. The summed E-state index contributed by atoms with van der Waals surface area (Å²) in [5, 5.41) is 7.71. The summed E-state index contributed by atoms with van der Waals surface area (Å²) in [6.07, 6.45) is 2.18. The molecule has 2 rings (SSSR count). The van der Waals surface area contributed by atoms with E-state index in [4.69, 9.17) is 4.74 Å². The molecule has 2 aromatic rings. The molecule has 0 amide bonds. The number of hydrogen-bond acceptors (Lipinski definition) is 5. The summed E-state index contributed by atoms with van der Waals surface area (Å²) in [6.45, 7) is 3.97. The molecule has 0 saturated carbocycles. The molecule has 1 aromatic carbocycles. The normalized spacial score (nSPS) is 11.8. The molecule has 0 fully saturated rings. The van der Waals surface area contributed by atoms with Crippen LogP contribution in [0, 0.1) is 0 Å². The van der Waals surface area contributed by atoms with Gasteiger partial charge >= 0.3 is 0 Å². The van der Waals surface area contributed by atoms with Crippen LogP contribution in [0.15, 0.2) is 30.5 Å². The Kier molecular flexibility index (Phi) is 5.18. The smallest absolute Gasteiger partial charge is 0.153 e. The number of rotatable bonds is 7. The highest BCUT2D eigenvalue weighted by Gasteiger charge is 2.16. The van der Waals surface area contributed by atoms with Gasteiger partial charge in [0.1, 0.15) is 5.75 Å². The Labute approximate surface area is 131 Å². The first-order valence-electron chi connectivity index (χ1n) is 7.14. The van der Waals surface area contributed by atoms with E-state index in [-0.39, 0.29) is 11.0 Å². The summed E-state index contributed by atoms with van der Waals surface area (Å²) in [5.41, 5.74) is 1.77. The number of methoxy groups -OCH3 is 1. The summed E-state index contributed by atoms with van der Waals surface area (Å²) in [4.78, 5) is 0. The topological polar surface area (TPSA) is 74.1 Å². The molecule has 0 saturated heterocycles. The van der Waals surface area contributed by atoms with E-state index in [1.165, 1.54) is 0 Å². The molecular weight excluding hydrogens is 302 g/mol. The van der Waals surface area contributed by atoms with Gasteiger partial charge in [-0.05, 0) is 31.5 Å². The number of aromatic nitrogens is 3. The molecular formula is C15H21N3O3S. The zero-order chi connectivity index (χ0) is 16.2. The lowest BCUT2D eigenvalue weighted by Crippen LogP contribution is -2.19.